The molecule has 1 unspecified atom stereocenters. The molecule has 1 aliphatic rings. The largest absolute Gasteiger partial charge is 1.00 e. The first-order valence-corrected chi connectivity index (χ1v) is 8.77. The second-order valence-corrected chi connectivity index (χ2v) is 7.14. The number of imidazole rings is 1. The van der Waals surface area contributed by atoms with Crippen molar-refractivity contribution in [2.45, 2.75) is 19.4 Å². The number of aromatic amines is 1. The van der Waals surface area contributed by atoms with Crippen LogP contribution in [0.5, 0.6) is 0 Å². The van der Waals surface area contributed by atoms with E-state index in [1.807, 2.05) is 0 Å². The van der Waals surface area contributed by atoms with Gasteiger partial charge in [0.25, 0.3) is 5.56 Å². The van der Waals surface area contributed by atoms with E-state index in [1.54, 1.807) is 15.8 Å². The van der Waals surface area contributed by atoms with E-state index in [4.69, 9.17) is 0 Å². The van der Waals surface area contributed by atoms with Crippen LogP contribution < -0.4 is 74.5 Å². The molecular formula is C12H16N5Na2O4P. The molecule has 0 bridgehead atoms. The van der Waals surface area contributed by atoms with Gasteiger partial charge in [-0.3, -0.25) is 9.69 Å². The molecule has 120 valence electrons. The van der Waals surface area contributed by atoms with Crippen LogP contribution in [0.1, 0.15) is 12.8 Å². The number of nitrogens with one attached hydrogen (secondary N) is 1. The average Bonchev–Trinajstić information content (AvgIpc) is 2.82. The Labute approximate surface area is 183 Å². The third-order valence-corrected chi connectivity index (χ3v) is 4.59. The summed E-state index contributed by atoms with van der Waals surface area (Å²) in [5.41, 5.74) is 0.519. The summed E-state index contributed by atoms with van der Waals surface area (Å²) in [4.78, 5) is 45.8. The molecule has 0 radical (unpaired) electrons. The Kier molecular flexibility index (Phi) is 8.82. The Bertz CT molecular complexity index is 776. The van der Waals surface area contributed by atoms with Crippen molar-refractivity contribution in [1.82, 2.24) is 24.4 Å². The van der Waals surface area contributed by atoms with Gasteiger partial charge in [0.1, 0.15) is 0 Å². The number of H-pyrrole nitrogens is 1. The van der Waals surface area contributed by atoms with Gasteiger partial charge >= 0.3 is 59.1 Å². The van der Waals surface area contributed by atoms with Crippen LogP contribution in [0.15, 0.2) is 17.4 Å². The SMILES string of the molecule is O=c1[nH]cnc2c1ncn2CC1CCCN(CP(=O)([O-])[O-])C1.[Na+].[Na+]. The van der Waals surface area contributed by atoms with Gasteiger partial charge in [0.15, 0.2) is 11.2 Å². The Morgan fingerprint density at radius 3 is 2.79 bits per heavy atom. The Morgan fingerprint density at radius 1 is 1.33 bits per heavy atom. The summed E-state index contributed by atoms with van der Waals surface area (Å²) >= 11 is 0. The van der Waals surface area contributed by atoms with Crippen molar-refractivity contribution in [2.24, 2.45) is 5.92 Å². The van der Waals surface area contributed by atoms with E-state index in [0.29, 0.717) is 30.8 Å². The molecule has 3 heterocycles. The Hall–Kier alpha value is 0.460. The predicted molar refractivity (Wildman–Crippen MR) is 74.9 cm³/mol. The molecule has 0 aliphatic carbocycles. The molecule has 2 aromatic heterocycles. The molecule has 1 N–H and O–H groups in total. The zero-order valence-electron chi connectivity index (χ0n) is 13.8. The van der Waals surface area contributed by atoms with Gasteiger partial charge in [0.05, 0.1) is 12.7 Å². The number of likely N-dealkylation sites (tertiary alicyclic amines) is 1. The summed E-state index contributed by atoms with van der Waals surface area (Å²) in [6.07, 6.45) is 4.25. The summed E-state index contributed by atoms with van der Waals surface area (Å²) in [6.45, 7) is 1.75. The first kappa shape index (κ1) is 22.5. The van der Waals surface area contributed by atoms with Gasteiger partial charge in [-0.25, -0.2) is 9.97 Å². The van der Waals surface area contributed by atoms with E-state index < -0.39 is 13.9 Å². The fourth-order valence-corrected chi connectivity index (χ4v) is 3.72. The van der Waals surface area contributed by atoms with Crippen LogP contribution >= 0.6 is 7.60 Å². The molecule has 3 rings (SSSR count). The van der Waals surface area contributed by atoms with Crippen LogP contribution in [0.25, 0.3) is 11.2 Å². The van der Waals surface area contributed by atoms with Gasteiger partial charge in [-0.15, -0.1) is 0 Å². The zero-order chi connectivity index (χ0) is 15.7. The number of piperidine rings is 1. The Morgan fingerprint density at radius 2 is 2.08 bits per heavy atom. The van der Waals surface area contributed by atoms with E-state index in [-0.39, 0.29) is 70.6 Å². The van der Waals surface area contributed by atoms with Gasteiger partial charge in [0.2, 0.25) is 0 Å². The number of rotatable bonds is 4. The normalized spacial score (nSPS) is 18.8. The maximum atomic E-state index is 11.6. The molecule has 1 atom stereocenters. The minimum atomic E-state index is -4.53. The van der Waals surface area contributed by atoms with E-state index in [9.17, 15) is 19.1 Å². The minimum Gasteiger partial charge on any atom is -0.810 e. The van der Waals surface area contributed by atoms with Crippen molar-refractivity contribution in [3.63, 3.8) is 0 Å². The van der Waals surface area contributed by atoms with Gasteiger partial charge in [-0.1, -0.05) is 7.60 Å². The molecule has 12 heteroatoms. The first-order chi connectivity index (χ1) is 10.4. The molecular weight excluding hydrogens is 355 g/mol. The smallest absolute Gasteiger partial charge is 0.810 e. The molecule has 0 amide bonds. The van der Waals surface area contributed by atoms with Crippen LogP contribution in [-0.4, -0.2) is 43.8 Å². The van der Waals surface area contributed by atoms with Crippen molar-refractivity contribution in [3.05, 3.63) is 23.0 Å². The molecule has 24 heavy (non-hydrogen) atoms. The van der Waals surface area contributed by atoms with Crippen molar-refractivity contribution in [3.8, 4) is 0 Å². The number of fused-ring (bicyclic) bond motifs is 1. The number of hydrogen-bond acceptors (Lipinski definition) is 7. The van der Waals surface area contributed by atoms with Crippen LogP contribution in [-0.2, 0) is 11.1 Å². The van der Waals surface area contributed by atoms with Gasteiger partial charge in [-0.05, 0) is 25.3 Å². The number of hydrogen-bond donors (Lipinski definition) is 1. The van der Waals surface area contributed by atoms with E-state index in [0.717, 1.165) is 12.8 Å². The third-order valence-electron chi connectivity index (χ3n) is 3.84. The Balaban J connectivity index is 0.00000144. The molecule has 9 nitrogen and oxygen atoms in total. The van der Waals surface area contributed by atoms with E-state index >= 15 is 0 Å². The van der Waals surface area contributed by atoms with Gasteiger partial charge < -0.3 is 23.9 Å². The quantitative estimate of drug-likeness (QED) is 0.417. The third kappa shape index (κ3) is 5.74. The molecule has 1 aliphatic heterocycles. The molecule has 0 spiro atoms. The molecule has 0 aromatic carbocycles. The van der Waals surface area contributed by atoms with E-state index in [1.165, 1.54) is 6.33 Å². The van der Waals surface area contributed by atoms with Crippen LogP contribution in [0.2, 0.25) is 0 Å². The summed E-state index contributed by atoms with van der Waals surface area (Å²) in [6, 6.07) is 0. The summed E-state index contributed by atoms with van der Waals surface area (Å²) in [7, 11) is -4.53. The van der Waals surface area contributed by atoms with Gasteiger partial charge in [-0.2, -0.15) is 0 Å². The van der Waals surface area contributed by atoms with Crippen molar-refractivity contribution in [1.29, 1.82) is 0 Å². The second kappa shape index (κ2) is 9.41. The maximum absolute atomic E-state index is 11.6. The topological polar surface area (TPSA) is 130 Å². The fraction of sp³-hybridized carbons (Fsp3) is 0.583. The molecule has 1 fully saturated rings. The second-order valence-electron chi connectivity index (χ2n) is 5.64. The monoisotopic (exact) mass is 371 g/mol. The molecule has 0 saturated carbocycles. The summed E-state index contributed by atoms with van der Waals surface area (Å²) < 4.78 is 12.7. The fourth-order valence-electron chi connectivity index (χ4n) is 2.98. The maximum Gasteiger partial charge on any atom is 1.00 e. The van der Waals surface area contributed by atoms with E-state index in [2.05, 4.69) is 15.0 Å². The zero-order valence-corrected chi connectivity index (χ0v) is 18.7. The number of nitrogens with zero attached hydrogens (tertiary/aromatic N) is 4. The van der Waals surface area contributed by atoms with Crippen LogP contribution in [0.4, 0.5) is 0 Å². The van der Waals surface area contributed by atoms with Gasteiger partial charge in [0, 0.05) is 19.4 Å². The molecule has 2 aromatic rings. The van der Waals surface area contributed by atoms with Crippen LogP contribution in [0.3, 0.4) is 0 Å². The van der Waals surface area contributed by atoms with Crippen molar-refractivity contribution < 1.29 is 73.5 Å². The summed E-state index contributed by atoms with van der Waals surface area (Å²) in [5.74, 6) is 0.193. The van der Waals surface area contributed by atoms with Crippen molar-refractivity contribution >= 4 is 18.8 Å². The molecule has 1 saturated heterocycles. The average molecular weight is 371 g/mol. The number of aromatic nitrogens is 4. The van der Waals surface area contributed by atoms with Crippen molar-refractivity contribution in [2.75, 3.05) is 19.4 Å². The predicted octanol–water partition coefficient (Wildman–Crippen LogP) is -7.29. The first-order valence-electron chi connectivity index (χ1n) is 7.04. The summed E-state index contributed by atoms with van der Waals surface area (Å²) in [5, 5.41) is 0. The standard InChI is InChI=1S/C12H18N5O4P.2Na/c18-12-10-11(13-6-14-12)17(7-15-10)5-9-2-1-3-16(4-9)8-22(19,20)21;;/h6-7,9H,1-5,8H2,(H,13,14,18)(H2,19,20,21);;/q;2*+1/p-2. The minimum absolute atomic E-state index is 0. The van der Waals surface area contributed by atoms with Crippen LogP contribution in [0, 0.1) is 5.92 Å².